The van der Waals surface area contributed by atoms with Gasteiger partial charge in [-0.1, -0.05) is 29.3 Å². The van der Waals surface area contributed by atoms with Crippen molar-refractivity contribution in [2.75, 3.05) is 18.5 Å². The lowest BCUT2D eigenvalue weighted by atomic mass is 9.79. The van der Waals surface area contributed by atoms with Crippen molar-refractivity contribution in [1.29, 1.82) is 0 Å². The van der Waals surface area contributed by atoms with Crippen LogP contribution in [-0.4, -0.2) is 18.5 Å². The smallest absolute Gasteiger partial charge is 0.0545 e. The number of alkyl halides is 1. The van der Waals surface area contributed by atoms with Gasteiger partial charge in [-0.05, 0) is 12.8 Å². The Balaban J connectivity index is 2.27. The molecule has 0 bridgehead atoms. The Labute approximate surface area is 71.3 Å². The van der Waals surface area contributed by atoms with Crippen LogP contribution in [-0.2, 0) is 4.74 Å². The highest BCUT2D eigenvalue weighted by molar-refractivity contribution is 9.09. The second-order valence-corrected chi connectivity index (χ2v) is 3.97. The molecule has 1 heterocycles. The van der Waals surface area contributed by atoms with Gasteiger partial charge < -0.3 is 4.74 Å². The van der Waals surface area contributed by atoms with E-state index < -0.39 is 0 Å². The van der Waals surface area contributed by atoms with E-state index in [4.69, 9.17) is 4.74 Å². The first-order valence-electron chi connectivity index (χ1n) is 3.97. The third kappa shape index (κ3) is 1.73. The van der Waals surface area contributed by atoms with E-state index in [0.29, 0.717) is 5.41 Å². The first-order chi connectivity index (χ1) is 4.83. The van der Waals surface area contributed by atoms with Crippen LogP contribution in [0.1, 0.15) is 26.2 Å². The number of rotatable bonds is 4. The Bertz CT molecular complexity index is 91.4. The lowest BCUT2D eigenvalue weighted by Crippen LogP contribution is -2.42. The molecule has 60 valence electrons. The summed E-state index contributed by atoms with van der Waals surface area (Å²) in [5.41, 5.74) is 0.554. The van der Waals surface area contributed by atoms with E-state index in [0.717, 1.165) is 18.5 Å². The molecule has 0 spiro atoms. The fraction of sp³-hybridized carbons (Fsp3) is 1.00. The minimum absolute atomic E-state index is 0.554. The van der Waals surface area contributed by atoms with Crippen LogP contribution in [0.4, 0.5) is 0 Å². The summed E-state index contributed by atoms with van der Waals surface area (Å²) in [5, 5.41) is 1.12. The van der Waals surface area contributed by atoms with Gasteiger partial charge in [0.1, 0.15) is 0 Å². The van der Waals surface area contributed by atoms with Gasteiger partial charge in [0, 0.05) is 10.7 Å². The van der Waals surface area contributed by atoms with Gasteiger partial charge in [0.25, 0.3) is 0 Å². The summed E-state index contributed by atoms with van der Waals surface area (Å²) < 4.78 is 5.22. The summed E-state index contributed by atoms with van der Waals surface area (Å²) in [5.74, 6) is 0. The lowest BCUT2D eigenvalue weighted by molar-refractivity contribution is -0.118. The van der Waals surface area contributed by atoms with Gasteiger partial charge in [-0.25, -0.2) is 0 Å². The zero-order chi connectivity index (χ0) is 7.45. The van der Waals surface area contributed by atoms with Crippen molar-refractivity contribution in [1.82, 2.24) is 0 Å². The van der Waals surface area contributed by atoms with Crippen LogP contribution in [0.2, 0.25) is 0 Å². The predicted octanol–water partition coefficient (Wildman–Crippen LogP) is 2.59. The highest BCUT2D eigenvalue weighted by Gasteiger charge is 2.36. The first kappa shape index (κ1) is 8.54. The second-order valence-electron chi connectivity index (χ2n) is 3.18. The van der Waals surface area contributed by atoms with Crippen LogP contribution in [0.25, 0.3) is 0 Å². The van der Waals surface area contributed by atoms with Crippen molar-refractivity contribution in [2.24, 2.45) is 5.41 Å². The monoisotopic (exact) mass is 206 g/mol. The molecule has 1 saturated heterocycles. The summed E-state index contributed by atoms with van der Waals surface area (Å²) in [6.45, 7) is 4.23. The molecule has 0 aromatic rings. The van der Waals surface area contributed by atoms with Crippen LogP contribution < -0.4 is 0 Å². The molecule has 1 rings (SSSR count). The largest absolute Gasteiger partial charge is 0.380 e. The van der Waals surface area contributed by atoms with E-state index in [1.165, 1.54) is 19.3 Å². The maximum Gasteiger partial charge on any atom is 0.0545 e. The standard InChI is InChI=1S/C8H15BrO/c1-2-3-8(4-5-9)6-10-7-8/h2-7H2,1H3. The SMILES string of the molecule is CCCC1(CCBr)COC1. The summed E-state index contributed by atoms with van der Waals surface area (Å²) in [6, 6.07) is 0. The third-order valence-corrected chi connectivity index (χ3v) is 2.62. The van der Waals surface area contributed by atoms with Crippen molar-refractivity contribution in [3.63, 3.8) is 0 Å². The lowest BCUT2D eigenvalue weighted by Gasteiger charge is -2.41. The van der Waals surface area contributed by atoms with E-state index in [9.17, 15) is 0 Å². The van der Waals surface area contributed by atoms with E-state index in [-0.39, 0.29) is 0 Å². The zero-order valence-electron chi connectivity index (χ0n) is 6.53. The summed E-state index contributed by atoms with van der Waals surface area (Å²) in [6.07, 6.45) is 3.90. The second kappa shape index (κ2) is 3.72. The van der Waals surface area contributed by atoms with E-state index in [1.54, 1.807) is 0 Å². The molecule has 2 heteroatoms. The van der Waals surface area contributed by atoms with Gasteiger partial charge in [0.15, 0.2) is 0 Å². The van der Waals surface area contributed by atoms with Gasteiger partial charge in [0.2, 0.25) is 0 Å². The molecule has 0 radical (unpaired) electrons. The molecule has 0 N–H and O–H groups in total. The first-order valence-corrected chi connectivity index (χ1v) is 5.09. The molecule has 0 unspecified atom stereocenters. The highest BCUT2D eigenvalue weighted by atomic mass is 79.9. The Hall–Kier alpha value is 0.440. The molecule has 1 aliphatic rings. The summed E-state index contributed by atoms with van der Waals surface area (Å²) >= 11 is 3.47. The fourth-order valence-electron chi connectivity index (χ4n) is 1.54. The maximum atomic E-state index is 5.22. The van der Waals surface area contributed by atoms with Crippen molar-refractivity contribution in [3.05, 3.63) is 0 Å². The molecule has 0 aliphatic carbocycles. The van der Waals surface area contributed by atoms with Crippen molar-refractivity contribution in [2.45, 2.75) is 26.2 Å². The minimum Gasteiger partial charge on any atom is -0.380 e. The zero-order valence-corrected chi connectivity index (χ0v) is 8.11. The van der Waals surface area contributed by atoms with Crippen LogP contribution in [0, 0.1) is 5.41 Å². The predicted molar refractivity (Wildman–Crippen MR) is 46.6 cm³/mol. The van der Waals surface area contributed by atoms with Gasteiger partial charge in [-0.2, -0.15) is 0 Å². The Morgan fingerprint density at radius 2 is 2.10 bits per heavy atom. The van der Waals surface area contributed by atoms with Crippen molar-refractivity contribution >= 4 is 15.9 Å². The molecular formula is C8H15BrO. The molecule has 1 aliphatic heterocycles. The van der Waals surface area contributed by atoms with Crippen LogP contribution in [0.5, 0.6) is 0 Å². The molecule has 1 fully saturated rings. The van der Waals surface area contributed by atoms with Gasteiger partial charge >= 0.3 is 0 Å². The average Bonchev–Trinajstić information content (AvgIpc) is 1.84. The Morgan fingerprint density at radius 1 is 1.40 bits per heavy atom. The third-order valence-electron chi connectivity index (χ3n) is 2.22. The highest BCUT2D eigenvalue weighted by Crippen LogP contribution is 2.36. The van der Waals surface area contributed by atoms with E-state index >= 15 is 0 Å². The maximum absolute atomic E-state index is 5.22. The number of ether oxygens (including phenoxy) is 1. The molecule has 0 aromatic carbocycles. The quantitative estimate of drug-likeness (QED) is 0.644. The van der Waals surface area contributed by atoms with E-state index in [2.05, 4.69) is 22.9 Å². The number of hydrogen-bond donors (Lipinski definition) is 0. The molecule has 0 amide bonds. The van der Waals surface area contributed by atoms with Gasteiger partial charge in [0.05, 0.1) is 13.2 Å². The fourth-order valence-corrected chi connectivity index (χ4v) is 2.38. The summed E-state index contributed by atoms with van der Waals surface area (Å²) in [4.78, 5) is 0. The normalized spacial score (nSPS) is 22.2. The number of hydrogen-bond acceptors (Lipinski definition) is 1. The van der Waals surface area contributed by atoms with Crippen molar-refractivity contribution in [3.8, 4) is 0 Å². The Kier molecular flexibility index (Phi) is 3.18. The van der Waals surface area contributed by atoms with Crippen LogP contribution in [0.3, 0.4) is 0 Å². The molecule has 10 heavy (non-hydrogen) atoms. The molecule has 0 saturated carbocycles. The molecule has 0 atom stereocenters. The van der Waals surface area contributed by atoms with Gasteiger partial charge in [-0.3, -0.25) is 0 Å². The average molecular weight is 207 g/mol. The minimum atomic E-state index is 0.554. The number of halogens is 1. The summed E-state index contributed by atoms with van der Waals surface area (Å²) in [7, 11) is 0. The molecule has 1 nitrogen and oxygen atoms in total. The topological polar surface area (TPSA) is 9.23 Å². The van der Waals surface area contributed by atoms with Crippen LogP contribution in [0.15, 0.2) is 0 Å². The van der Waals surface area contributed by atoms with Crippen LogP contribution >= 0.6 is 15.9 Å². The van der Waals surface area contributed by atoms with Gasteiger partial charge in [-0.15, -0.1) is 0 Å². The molecular weight excluding hydrogens is 192 g/mol. The van der Waals surface area contributed by atoms with Crippen molar-refractivity contribution < 1.29 is 4.74 Å². The Morgan fingerprint density at radius 3 is 2.40 bits per heavy atom. The van der Waals surface area contributed by atoms with E-state index in [1.807, 2.05) is 0 Å². The molecule has 0 aromatic heterocycles.